The van der Waals surface area contributed by atoms with E-state index in [1.807, 2.05) is 0 Å². The number of aliphatic carboxylic acids is 1. The van der Waals surface area contributed by atoms with Crippen LogP contribution in [0.5, 0.6) is 11.5 Å². The molecule has 0 aliphatic rings. The maximum absolute atomic E-state index is 13.0. The van der Waals surface area contributed by atoms with Crippen molar-refractivity contribution in [1.29, 1.82) is 0 Å². The van der Waals surface area contributed by atoms with E-state index < -0.39 is 11.8 Å². The lowest BCUT2D eigenvalue weighted by molar-refractivity contribution is -0.131. The Labute approximate surface area is 119 Å². The summed E-state index contributed by atoms with van der Waals surface area (Å²) in [5, 5.41) is 8.78. The molecule has 2 rings (SSSR count). The van der Waals surface area contributed by atoms with Crippen LogP contribution in [0.1, 0.15) is 5.56 Å². The minimum absolute atomic E-state index is 0.141. The molecule has 0 atom stereocenters. The number of benzene rings is 2. The zero-order valence-corrected chi connectivity index (χ0v) is 11.0. The van der Waals surface area contributed by atoms with Crippen LogP contribution in [0, 0.1) is 5.82 Å². The Kier molecular flexibility index (Phi) is 4.38. The summed E-state index contributed by atoms with van der Waals surface area (Å²) in [5.74, 6) is -0.788. The molecule has 1 N–H and O–H groups in total. The van der Waals surface area contributed by atoms with Crippen molar-refractivity contribution in [1.82, 2.24) is 0 Å². The summed E-state index contributed by atoms with van der Waals surface area (Å²) in [6, 6.07) is 10.7. The Morgan fingerprint density at radius 1 is 1.20 bits per heavy atom. The first-order valence-corrected chi connectivity index (χ1v) is 6.07. The third kappa shape index (κ3) is 3.59. The summed E-state index contributed by atoms with van der Waals surface area (Å²) >= 11 is 5.88. The maximum Gasteiger partial charge on any atom is 0.328 e. The van der Waals surface area contributed by atoms with Crippen molar-refractivity contribution in [3.8, 4) is 11.5 Å². The molecule has 2 aromatic rings. The molecule has 0 heterocycles. The van der Waals surface area contributed by atoms with Crippen molar-refractivity contribution < 1.29 is 19.0 Å². The van der Waals surface area contributed by atoms with E-state index >= 15 is 0 Å². The van der Waals surface area contributed by atoms with Gasteiger partial charge in [0.15, 0.2) is 0 Å². The molecule has 0 aliphatic carbocycles. The molecule has 0 saturated carbocycles. The molecule has 0 fully saturated rings. The Bertz CT molecular complexity index is 668. The third-order valence-electron chi connectivity index (χ3n) is 2.44. The lowest BCUT2D eigenvalue weighted by Gasteiger charge is -2.10. The van der Waals surface area contributed by atoms with Crippen LogP contribution in [0.2, 0.25) is 5.02 Å². The second kappa shape index (κ2) is 6.21. The van der Waals surface area contributed by atoms with Crippen molar-refractivity contribution in [3.05, 3.63) is 64.9 Å². The maximum atomic E-state index is 13.0. The largest absolute Gasteiger partial charge is 0.478 e. The van der Waals surface area contributed by atoms with Crippen LogP contribution in [-0.2, 0) is 4.79 Å². The first-order chi connectivity index (χ1) is 9.56. The highest BCUT2D eigenvalue weighted by Crippen LogP contribution is 2.32. The molecule has 0 unspecified atom stereocenters. The van der Waals surface area contributed by atoms with E-state index in [2.05, 4.69) is 0 Å². The van der Waals surface area contributed by atoms with Crippen molar-refractivity contribution in [2.75, 3.05) is 0 Å². The summed E-state index contributed by atoms with van der Waals surface area (Å²) in [5.41, 5.74) is 0.579. The average Bonchev–Trinajstić information content (AvgIpc) is 2.41. The number of carboxylic acid groups (broad SMARTS) is 1. The van der Waals surface area contributed by atoms with Gasteiger partial charge in [-0.3, -0.25) is 0 Å². The smallest absolute Gasteiger partial charge is 0.328 e. The van der Waals surface area contributed by atoms with Crippen molar-refractivity contribution >= 4 is 23.6 Å². The van der Waals surface area contributed by atoms with E-state index in [0.29, 0.717) is 17.1 Å². The number of hydrogen-bond acceptors (Lipinski definition) is 2. The van der Waals surface area contributed by atoms with Gasteiger partial charge < -0.3 is 9.84 Å². The van der Waals surface area contributed by atoms with Crippen LogP contribution in [0.4, 0.5) is 4.39 Å². The van der Waals surface area contributed by atoms with Crippen LogP contribution in [0.15, 0.2) is 48.5 Å². The number of hydrogen-bond donors (Lipinski definition) is 1. The summed E-state index contributed by atoms with van der Waals surface area (Å²) in [7, 11) is 0. The fourth-order valence-corrected chi connectivity index (χ4v) is 1.75. The van der Waals surface area contributed by atoms with Crippen LogP contribution in [-0.4, -0.2) is 11.1 Å². The molecule has 2 aromatic carbocycles. The van der Waals surface area contributed by atoms with Gasteiger partial charge in [-0.15, -0.1) is 0 Å². The van der Waals surface area contributed by atoms with Crippen LogP contribution in [0.3, 0.4) is 0 Å². The molecular formula is C15H10ClFO3. The van der Waals surface area contributed by atoms with Gasteiger partial charge in [0, 0.05) is 11.6 Å². The molecule has 0 aromatic heterocycles. The second-order valence-corrected chi connectivity index (χ2v) is 4.29. The van der Waals surface area contributed by atoms with Gasteiger partial charge in [-0.05, 0) is 30.3 Å². The highest BCUT2D eigenvalue weighted by atomic mass is 35.5. The average molecular weight is 293 g/mol. The molecule has 5 heteroatoms. The summed E-state index contributed by atoms with van der Waals surface area (Å²) in [4.78, 5) is 10.5. The zero-order valence-electron chi connectivity index (χ0n) is 10.2. The van der Waals surface area contributed by atoms with Gasteiger partial charge >= 0.3 is 5.97 Å². The number of carboxylic acids is 1. The molecule has 0 aliphatic heterocycles. The van der Waals surface area contributed by atoms with Crippen molar-refractivity contribution in [2.24, 2.45) is 0 Å². The summed E-state index contributed by atoms with van der Waals surface area (Å²) < 4.78 is 18.5. The molecule has 0 saturated heterocycles. The van der Waals surface area contributed by atoms with E-state index in [9.17, 15) is 9.18 Å². The van der Waals surface area contributed by atoms with E-state index in [-0.39, 0.29) is 5.02 Å². The lowest BCUT2D eigenvalue weighted by atomic mass is 10.2. The fourth-order valence-electron chi connectivity index (χ4n) is 1.55. The number of rotatable bonds is 4. The Morgan fingerprint density at radius 3 is 2.65 bits per heavy atom. The van der Waals surface area contributed by atoms with Gasteiger partial charge in [0.1, 0.15) is 17.3 Å². The predicted molar refractivity (Wildman–Crippen MR) is 74.6 cm³/mol. The fraction of sp³-hybridized carbons (Fsp3) is 0. The minimum Gasteiger partial charge on any atom is -0.478 e. The summed E-state index contributed by atoms with van der Waals surface area (Å²) in [6.07, 6.45) is 2.42. The van der Waals surface area contributed by atoms with Crippen LogP contribution >= 0.6 is 11.6 Å². The summed E-state index contributed by atoms with van der Waals surface area (Å²) in [6.45, 7) is 0. The molecular weight excluding hydrogens is 283 g/mol. The lowest BCUT2D eigenvalue weighted by Crippen LogP contribution is -1.90. The SMILES string of the molecule is O=C(O)/C=C/c1ccccc1Oc1ccc(F)cc1Cl. The Hall–Kier alpha value is -2.33. The molecule has 0 radical (unpaired) electrons. The van der Waals surface area contributed by atoms with Crippen molar-refractivity contribution in [3.63, 3.8) is 0 Å². The Balaban J connectivity index is 2.31. The van der Waals surface area contributed by atoms with Gasteiger partial charge in [-0.2, -0.15) is 0 Å². The number of para-hydroxylation sites is 1. The zero-order chi connectivity index (χ0) is 14.5. The second-order valence-electron chi connectivity index (χ2n) is 3.89. The van der Waals surface area contributed by atoms with Crippen LogP contribution < -0.4 is 4.74 Å². The van der Waals surface area contributed by atoms with E-state index in [1.54, 1.807) is 24.3 Å². The first kappa shape index (κ1) is 14.1. The number of halogens is 2. The number of ether oxygens (including phenoxy) is 1. The quantitative estimate of drug-likeness (QED) is 0.851. The topological polar surface area (TPSA) is 46.5 Å². The highest BCUT2D eigenvalue weighted by Gasteiger charge is 2.07. The van der Waals surface area contributed by atoms with Gasteiger partial charge in [-0.25, -0.2) is 9.18 Å². The molecule has 20 heavy (non-hydrogen) atoms. The molecule has 102 valence electrons. The van der Waals surface area contributed by atoms with Gasteiger partial charge in [0.25, 0.3) is 0 Å². The third-order valence-corrected chi connectivity index (χ3v) is 2.73. The van der Waals surface area contributed by atoms with E-state index in [1.165, 1.54) is 18.2 Å². The van der Waals surface area contributed by atoms with Crippen LogP contribution in [0.25, 0.3) is 6.08 Å². The van der Waals surface area contributed by atoms with Gasteiger partial charge in [-0.1, -0.05) is 29.8 Å². The highest BCUT2D eigenvalue weighted by molar-refractivity contribution is 6.32. The van der Waals surface area contributed by atoms with E-state index in [4.69, 9.17) is 21.4 Å². The minimum atomic E-state index is -1.06. The molecule has 0 spiro atoms. The molecule has 0 bridgehead atoms. The van der Waals surface area contributed by atoms with Gasteiger partial charge in [0.05, 0.1) is 5.02 Å². The normalized spacial score (nSPS) is 10.7. The molecule has 0 amide bonds. The number of carbonyl (C=O) groups is 1. The molecule has 3 nitrogen and oxygen atoms in total. The first-order valence-electron chi connectivity index (χ1n) is 5.69. The van der Waals surface area contributed by atoms with Gasteiger partial charge in [0.2, 0.25) is 0 Å². The predicted octanol–water partition coefficient (Wildman–Crippen LogP) is 4.37. The monoisotopic (exact) mass is 292 g/mol. The van der Waals surface area contributed by atoms with E-state index in [0.717, 1.165) is 12.1 Å². The Morgan fingerprint density at radius 2 is 1.95 bits per heavy atom. The van der Waals surface area contributed by atoms with Crippen molar-refractivity contribution in [2.45, 2.75) is 0 Å². The standard InChI is InChI=1S/C15H10ClFO3/c16-12-9-11(17)6-7-14(12)20-13-4-2-1-3-10(13)5-8-15(18)19/h1-9H,(H,18,19)/b8-5+.